The summed E-state index contributed by atoms with van der Waals surface area (Å²) in [5.41, 5.74) is 7.22. The van der Waals surface area contributed by atoms with Gasteiger partial charge in [0.25, 0.3) is 0 Å². The number of hydrogen-bond acceptors (Lipinski definition) is 2. The Labute approximate surface area is 146 Å². The lowest BCUT2D eigenvalue weighted by Crippen LogP contribution is -2.56. The van der Waals surface area contributed by atoms with Crippen molar-refractivity contribution in [1.82, 2.24) is 4.90 Å². The van der Waals surface area contributed by atoms with E-state index in [0.717, 1.165) is 51.6 Å². The summed E-state index contributed by atoms with van der Waals surface area (Å²) in [6.45, 7) is 3.96. The van der Waals surface area contributed by atoms with Crippen LogP contribution in [0.25, 0.3) is 0 Å². The fraction of sp³-hybridized carbons (Fsp3) is 0.632. The zero-order chi connectivity index (χ0) is 15.6. The highest BCUT2D eigenvalue weighted by Gasteiger charge is 2.42. The lowest BCUT2D eigenvalue weighted by atomic mass is 9.78. The molecule has 128 valence electrons. The molecule has 1 aliphatic carbocycles. The van der Waals surface area contributed by atoms with Crippen LogP contribution in [-0.2, 0) is 4.79 Å². The molecule has 1 heterocycles. The van der Waals surface area contributed by atoms with E-state index in [0.29, 0.717) is 11.8 Å². The molecular formula is C19H29ClN2O. The highest BCUT2D eigenvalue weighted by atomic mass is 35.5. The van der Waals surface area contributed by atoms with Gasteiger partial charge in [-0.2, -0.15) is 0 Å². The monoisotopic (exact) mass is 336 g/mol. The number of halogens is 1. The Bertz CT molecular complexity index is 513. The largest absolute Gasteiger partial charge is 0.341 e. The van der Waals surface area contributed by atoms with Crippen LogP contribution in [0.3, 0.4) is 0 Å². The Kier molecular flexibility index (Phi) is 6.10. The van der Waals surface area contributed by atoms with E-state index in [1.54, 1.807) is 0 Å². The number of carbonyl (C=O) groups excluding carboxylic acids is 1. The van der Waals surface area contributed by atoms with Gasteiger partial charge in [-0.15, -0.1) is 12.4 Å². The van der Waals surface area contributed by atoms with Gasteiger partial charge in [-0.1, -0.05) is 56.5 Å². The second-order valence-electron chi connectivity index (χ2n) is 7.09. The van der Waals surface area contributed by atoms with Crippen LogP contribution >= 0.6 is 12.4 Å². The molecule has 2 N–H and O–H groups in total. The minimum Gasteiger partial charge on any atom is -0.341 e. The van der Waals surface area contributed by atoms with Crippen molar-refractivity contribution < 1.29 is 4.79 Å². The average Bonchev–Trinajstić information content (AvgIpc) is 3.02. The summed E-state index contributed by atoms with van der Waals surface area (Å²) < 4.78 is 0. The molecule has 23 heavy (non-hydrogen) atoms. The van der Waals surface area contributed by atoms with E-state index in [1.165, 1.54) is 5.56 Å². The van der Waals surface area contributed by atoms with E-state index in [2.05, 4.69) is 42.2 Å². The van der Waals surface area contributed by atoms with E-state index >= 15 is 0 Å². The summed E-state index contributed by atoms with van der Waals surface area (Å²) in [4.78, 5) is 14.9. The van der Waals surface area contributed by atoms with Crippen LogP contribution in [0.2, 0.25) is 0 Å². The maximum atomic E-state index is 12.8. The predicted molar refractivity (Wildman–Crippen MR) is 96.8 cm³/mol. The number of hydrogen-bond donors (Lipinski definition) is 1. The zero-order valence-electron chi connectivity index (χ0n) is 14.0. The highest BCUT2D eigenvalue weighted by molar-refractivity contribution is 5.86. The third-order valence-corrected chi connectivity index (χ3v) is 5.69. The first-order chi connectivity index (χ1) is 10.6. The molecule has 0 bridgehead atoms. The van der Waals surface area contributed by atoms with Crippen molar-refractivity contribution in [3.8, 4) is 0 Å². The van der Waals surface area contributed by atoms with Crippen LogP contribution in [0.15, 0.2) is 30.3 Å². The first-order valence-corrected chi connectivity index (χ1v) is 8.77. The molecule has 1 aromatic carbocycles. The number of amides is 1. The van der Waals surface area contributed by atoms with Crippen LogP contribution in [0.5, 0.6) is 0 Å². The summed E-state index contributed by atoms with van der Waals surface area (Å²) in [6, 6.07) is 10.8. The van der Waals surface area contributed by atoms with Crippen LogP contribution in [0.4, 0.5) is 0 Å². The summed E-state index contributed by atoms with van der Waals surface area (Å²) in [7, 11) is 0. The van der Waals surface area contributed by atoms with Gasteiger partial charge in [-0.25, -0.2) is 0 Å². The molecule has 2 aliphatic rings. The molecule has 2 atom stereocenters. The van der Waals surface area contributed by atoms with Crippen molar-refractivity contribution >= 4 is 18.3 Å². The van der Waals surface area contributed by atoms with E-state index in [-0.39, 0.29) is 18.3 Å². The SMILES string of the molecule is CCC1CN(C(=O)C2(N)CCCC2)CCC1c1ccccc1.Cl. The number of carbonyl (C=O) groups is 1. The van der Waals surface area contributed by atoms with E-state index in [1.807, 2.05) is 0 Å². The molecule has 1 saturated carbocycles. The lowest BCUT2D eigenvalue weighted by molar-refractivity contribution is -0.139. The molecule has 3 nitrogen and oxygen atoms in total. The molecule has 1 saturated heterocycles. The predicted octanol–water partition coefficient (Wildman–Crippen LogP) is 3.72. The standard InChI is InChI=1S/C19H28N2O.ClH/c1-2-15-14-21(18(22)19(20)11-6-7-12-19)13-10-17(15)16-8-4-3-5-9-16;/h3-5,8-9,15,17H,2,6-7,10-14,20H2,1H3;1H. The van der Waals surface area contributed by atoms with Crippen molar-refractivity contribution in [1.29, 1.82) is 0 Å². The third-order valence-electron chi connectivity index (χ3n) is 5.69. The Morgan fingerprint density at radius 2 is 1.91 bits per heavy atom. The van der Waals surface area contributed by atoms with Crippen LogP contribution in [0, 0.1) is 5.92 Å². The van der Waals surface area contributed by atoms with Gasteiger partial charge < -0.3 is 10.6 Å². The van der Waals surface area contributed by atoms with Gasteiger partial charge in [0.2, 0.25) is 5.91 Å². The third kappa shape index (κ3) is 3.72. The van der Waals surface area contributed by atoms with E-state index in [9.17, 15) is 4.79 Å². The van der Waals surface area contributed by atoms with Crippen molar-refractivity contribution in [2.45, 2.75) is 56.9 Å². The van der Waals surface area contributed by atoms with Crippen LogP contribution < -0.4 is 5.73 Å². The average molecular weight is 337 g/mol. The summed E-state index contributed by atoms with van der Waals surface area (Å²) in [5, 5.41) is 0. The fourth-order valence-corrected chi connectivity index (χ4v) is 4.30. The first-order valence-electron chi connectivity index (χ1n) is 8.77. The Hall–Kier alpha value is -1.06. The van der Waals surface area contributed by atoms with E-state index < -0.39 is 5.54 Å². The molecule has 0 aromatic heterocycles. The molecule has 1 aliphatic heterocycles. The second kappa shape index (κ2) is 7.67. The number of piperidine rings is 1. The fourth-order valence-electron chi connectivity index (χ4n) is 4.30. The maximum absolute atomic E-state index is 12.8. The summed E-state index contributed by atoms with van der Waals surface area (Å²) in [6.07, 6.45) is 6.09. The molecule has 1 aromatic rings. The molecule has 0 radical (unpaired) electrons. The van der Waals surface area contributed by atoms with Gasteiger partial charge in [0.1, 0.15) is 0 Å². The first kappa shape index (κ1) is 18.3. The number of rotatable bonds is 3. The summed E-state index contributed by atoms with van der Waals surface area (Å²) >= 11 is 0. The van der Waals surface area contributed by atoms with Gasteiger partial charge in [0.05, 0.1) is 5.54 Å². The highest BCUT2D eigenvalue weighted by Crippen LogP contribution is 2.37. The topological polar surface area (TPSA) is 46.3 Å². The molecule has 1 amide bonds. The summed E-state index contributed by atoms with van der Waals surface area (Å²) in [5.74, 6) is 1.33. The normalized spacial score (nSPS) is 26.6. The van der Waals surface area contributed by atoms with Gasteiger partial charge in [0, 0.05) is 13.1 Å². The minimum absolute atomic E-state index is 0. The smallest absolute Gasteiger partial charge is 0.242 e. The Morgan fingerprint density at radius 3 is 2.52 bits per heavy atom. The number of nitrogens with two attached hydrogens (primary N) is 1. The molecule has 4 heteroatoms. The van der Waals surface area contributed by atoms with E-state index in [4.69, 9.17) is 5.73 Å². The molecule has 2 fully saturated rings. The Morgan fingerprint density at radius 1 is 1.26 bits per heavy atom. The van der Waals surface area contributed by atoms with Crippen molar-refractivity contribution in [2.24, 2.45) is 11.7 Å². The van der Waals surface area contributed by atoms with Gasteiger partial charge >= 0.3 is 0 Å². The van der Waals surface area contributed by atoms with Gasteiger partial charge in [0.15, 0.2) is 0 Å². The lowest BCUT2D eigenvalue weighted by Gasteiger charge is -2.41. The van der Waals surface area contributed by atoms with Gasteiger partial charge in [-0.3, -0.25) is 4.79 Å². The zero-order valence-corrected chi connectivity index (χ0v) is 14.9. The number of nitrogens with zero attached hydrogens (tertiary/aromatic N) is 1. The quantitative estimate of drug-likeness (QED) is 0.914. The minimum atomic E-state index is -0.572. The van der Waals surface area contributed by atoms with Gasteiger partial charge in [-0.05, 0) is 36.7 Å². The maximum Gasteiger partial charge on any atom is 0.242 e. The van der Waals surface area contributed by atoms with Crippen molar-refractivity contribution in [2.75, 3.05) is 13.1 Å². The van der Waals surface area contributed by atoms with Crippen molar-refractivity contribution in [3.63, 3.8) is 0 Å². The van der Waals surface area contributed by atoms with Crippen molar-refractivity contribution in [3.05, 3.63) is 35.9 Å². The molecule has 2 unspecified atom stereocenters. The number of benzene rings is 1. The Balaban J connectivity index is 0.00000192. The number of likely N-dealkylation sites (tertiary alicyclic amines) is 1. The van der Waals surface area contributed by atoms with Crippen LogP contribution in [-0.4, -0.2) is 29.4 Å². The molecule has 0 spiro atoms. The van der Waals surface area contributed by atoms with Crippen LogP contribution in [0.1, 0.15) is 56.9 Å². The molecule has 3 rings (SSSR count). The molecular weight excluding hydrogens is 308 g/mol. The second-order valence-corrected chi connectivity index (χ2v) is 7.09.